The van der Waals surface area contributed by atoms with E-state index in [9.17, 15) is 9.18 Å². The van der Waals surface area contributed by atoms with Crippen molar-refractivity contribution in [3.05, 3.63) is 66.8 Å². The topological polar surface area (TPSA) is 100 Å². The lowest BCUT2D eigenvalue weighted by molar-refractivity contribution is -0.131. The van der Waals surface area contributed by atoms with Crippen molar-refractivity contribution in [2.45, 2.75) is 6.04 Å². The molecule has 40 heavy (non-hydrogen) atoms. The maximum atomic E-state index is 14.4. The van der Waals surface area contributed by atoms with E-state index in [0.717, 1.165) is 21.2 Å². The Morgan fingerprint density at radius 2 is 2.10 bits per heavy atom. The zero-order valence-electron chi connectivity index (χ0n) is 22.0. The van der Waals surface area contributed by atoms with Gasteiger partial charge < -0.3 is 14.4 Å². The molecule has 1 saturated heterocycles. The molecule has 0 aliphatic carbocycles. The van der Waals surface area contributed by atoms with Gasteiger partial charge in [0, 0.05) is 66.3 Å². The number of ether oxygens (including phenoxy) is 2. The molecule has 0 atom stereocenters. The third-order valence-corrected chi connectivity index (χ3v) is 7.71. The number of hydrogen-bond donors (Lipinski definition) is 0. The molecule has 0 radical (unpaired) electrons. The summed E-state index contributed by atoms with van der Waals surface area (Å²) in [6, 6.07) is 6.54. The minimum Gasteiger partial charge on any atom is -0.490 e. The number of carbonyl (C=O) groups is 1. The molecular formula is C28H26FN7O3S. The van der Waals surface area contributed by atoms with Crippen LogP contribution in [0.2, 0.25) is 0 Å². The molecule has 1 fully saturated rings. The van der Waals surface area contributed by atoms with Gasteiger partial charge in [0.2, 0.25) is 5.91 Å². The minimum atomic E-state index is -0.404. The number of hydrogen-bond acceptors (Lipinski definition) is 8. The van der Waals surface area contributed by atoms with Crippen molar-refractivity contribution in [3.63, 3.8) is 0 Å². The van der Waals surface area contributed by atoms with Gasteiger partial charge in [0.1, 0.15) is 30.2 Å². The SMILES string of the molecule is C=CC(=O)N1CC(n2cc(-c3nc(-c4ncn(C)n4)c4ccsc4c3-c3ccc(F)cc3OCCOC)cn2)C1. The van der Waals surface area contributed by atoms with Crippen molar-refractivity contribution in [1.29, 1.82) is 0 Å². The second-order valence-electron chi connectivity index (χ2n) is 9.38. The lowest BCUT2D eigenvalue weighted by atomic mass is 9.97. The Morgan fingerprint density at radius 1 is 1.25 bits per heavy atom. The lowest BCUT2D eigenvalue weighted by Crippen LogP contribution is -2.50. The van der Waals surface area contributed by atoms with Crippen molar-refractivity contribution in [3.8, 4) is 39.7 Å². The van der Waals surface area contributed by atoms with Crippen LogP contribution in [0.25, 0.3) is 44.0 Å². The molecule has 1 aromatic carbocycles. The van der Waals surface area contributed by atoms with Crippen molar-refractivity contribution in [2.75, 3.05) is 33.4 Å². The number of thiophene rings is 1. The van der Waals surface area contributed by atoms with E-state index in [1.54, 1.807) is 46.6 Å². The van der Waals surface area contributed by atoms with Crippen LogP contribution in [-0.2, 0) is 16.6 Å². The van der Waals surface area contributed by atoms with Crippen molar-refractivity contribution in [1.82, 2.24) is 34.4 Å². The molecule has 1 aliphatic rings. The summed E-state index contributed by atoms with van der Waals surface area (Å²) in [5.74, 6) is 0.391. The van der Waals surface area contributed by atoms with E-state index in [-0.39, 0.29) is 18.6 Å². The molecule has 5 aromatic rings. The summed E-state index contributed by atoms with van der Waals surface area (Å²) in [6.45, 7) is 5.29. The highest BCUT2D eigenvalue weighted by Gasteiger charge is 2.32. The van der Waals surface area contributed by atoms with E-state index < -0.39 is 5.82 Å². The quantitative estimate of drug-likeness (QED) is 0.195. The summed E-state index contributed by atoms with van der Waals surface area (Å²) in [5.41, 5.74) is 3.55. The Bertz CT molecular complexity index is 1720. The smallest absolute Gasteiger partial charge is 0.246 e. The number of methoxy groups -OCH3 is 1. The fourth-order valence-electron chi connectivity index (χ4n) is 4.75. The summed E-state index contributed by atoms with van der Waals surface area (Å²) in [6.07, 6.45) is 6.64. The molecule has 204 valence electrons. The highest BCUT2D eigenvalue weighted by molar-refractivity contribution is 7.18. The number of halogens is 1. The highest BCUT2D eigenvalue weighted by Crippen LogP contribution is 2.45. The van der Waals surface area contributed by atoms with Gasteiger partial charge in [0.05, 0.1) is 24.5 Å². The lowest BCUT2D eigenvalue weighted by Gasteiger charge is -2.38. The number of fused-ring (bicyclic) bond motifs is 1. The Labute approximate surface area is 233 Å². The molecule has 10 nitrogen and oxygen atoms in total. The number of nitrogens with zero attached hydrogens (tertiary/aromatic N) is 7. The maximum absolute atomic E-state index is 14.4. The number of pyridine rings is 1. The van der Waals surface area contributed by atoms with Crippen LogP contribution in [0, 0.1) is 5.82 Å². The molecule has 5 heterocycles. The second kappa shape index (κ2) is 10.6. The van der Waals surface area contributed by atoms with Crippen LogP contribution in [0.3, 0.4) is 0 Å². The standard InChI is InChI=1S/C28H26FN7O3S/c1-4-23(37)35-14-19(15-35)36-13-17(12-31-36)25-24(20-6-5-18(29)11-22(20)39-9-8-38-3)27-21(7-10-40-27)26(32-25)28-30-16-34(2)33-28/h4-7,10-13,16,19H,1,8-9,14-15H2,2-3H3. The van der Waals surface area contributed by atoms with E-state index in [2.05, 4.69) is 21.8 Å². The van der Waals surface area contributed by atoms with Gasteiger partial charge in [0.25, 0.3) is 0 Å². The van der Waals surface area contributed by atoms with Crippen LogP contribution in [0.4, 0.5) is 4.39 Å². The summed E-state index contributed by atoms with van der Waals surface area (Å²) in [4.78, 5) is 23.2. The van der Waals surface area contributed by atoms with E-state index in [4.69, 9.17) is 14.5 Å². The molecule has 1 aliphatic heterocycles. The largest absolute Gasteiger partial charge is 0.490 e. The van der Waals surface area contributed by atoms with E-state index in [1.807, 2.05) is 29.4 Å². The highest BCUT2D eigenvalue weighted by atomic mass is 32.1. The first-order valence-electron chi connectivity index (χ1n) is 12.6. The molecule has 12 heteroatoms. The predicted octanol–water partition coefficient (Wildman–Crippen LogP) is 4.36. The van der Waals surface area contributed by atoms with Crippen LogP contribution >= 0.6 is 11.3 Å². The first-order chi connectivity index (χ1) is 19.5. The molecule has 4 aromatic heterocycles. The van der Waals surface area contributed by atoms with Gasteiger partial charge in [-0.05, 0) is 29.7 Å². The van der Waals surface area contributed by atoms with Crippen LogP contribution in [0.5, 0.6) is 5.75 Å². The Morgan fingerprint density at radius 3 is 2.85 bits per heavy atom. The van der Waals surface area contributed by atoms with Crippen LogP contribution in [-0.4, -0.2) is 73.7 Å². The molecular weight excluding hydrogens is 533 g/mol. The Kier molecular flexibility index (Phi) is 6.86. The average molecular weight is 560 g/mol. The van der Waals surface area contributed by atoms with Gasteiger partial charge in [-0.3, -0.25) is 14.2 Å². The second-order valence-corrected chi connectivity index (χ2v) is 10.3. The fraction of sp³-hybridized carbons (Fsp3) is 0.250. The minimum absolute atomic E-state index is 0.0438. The maximum Gasteiger partial charge on any atom is 0.246 e. The Balaban J connectivity index is 1.51. The van der Waals surface area contributed by atoms with Gasteiger partial charge in [-0.25, -0.2) is 14.4 Å². The van der Waals surface area contributed by atoms with E-state index >= 15 is 0 Å². The summed E-state index contributed by atoms with van der Waals surface area (Å²) in [7, 11) is 3.39. The Hall–Kier alpha value is -4.42. The molecule has 0 N–H and O–H groups in total. The molecule has 0 unspecified atom stereocenters. The third-order valence-electron chi connectivity index (χ3n) is 6.77. The van der Waals surface area contributed by atoms with Gasteiger partial charge in [-0.2, -0.15) is 5.10 Å². The number of aromatic nitrogens is 6. The molecule has 6 rings (SSSR count). The number of aryl methyl sites for hydroxylation is 1. The van der Waals surface area contributed by atoms with Crippen LogP contribution < -0.4 is 4.74 Å². The van der Waals surface area contributed by atoms with Crippen molar-refractivity contribution < 1.29 is 18.7 Å². The number of rotatable bonds is 9. The number of benzene rings is 1. The summed E-state index contributed by atoms with van der Waals surface area (Å²) in [5, 5.41) is 12.0. The van der Waals surface area contributed by atoms with Crippen molar-refractivity contribution >= 4 is 27.3 Å². The van der Waals surface area contributed by atoms with E-state index in [0.29, 0.717) is 48.2 Å². The van der Waals surface area contributed by atoms with Gasteiger partial charge in [-0.1, -0.05) is 6.58 Å². The van der Waals surface area contributed by atoms with Crippen LogP contribution in [0.1, 0.15) is 6.04 Å². The zero-order chi connectivity index (χ0) is 27.8. The first-order valence-corrected chi connectivity index (χ1v) is 13.5. The fourth-order valence-corrected chi connectivity index (χ4v) is 5.71. The number of carbonyl (C=O) groups excluding carboxylic acids is 1. The van der Waals surface area contributed by atoms with Gasteiger partial charge in [-0.15, -0.1) is 16.4 Å². The van der Waals surface area contributed by atoms with Crippen LogP contribution in [0.15, 0.2) is 61.0 Å². The normalized spacial score (nSPS) is 13.5. The third kappa shape index (κ3) is 4.65. The molecule has 1 amide bonds. The number of likely N-dealkylation sites (tertiary alicyclic amines) is 1. The average Bonchev–Trinajstić information content (AvgIpc) is 3.69. The summed E-state index contributed by atoms with van der Waals surface area (Å²) < 4.78 is 29.9. The monoisotopic (exact) mass is 559 g/mol. The molecule has 0 spiro atoms. The van der Waals surface area contributed by atoms with Gasteiger partial charge >= 0.3 is 0 Å². The first kappa shape index (κ1) is 25.8. The van der Waals surface area contributed by atoms with E-state index in [1.165, 1.54) is 18.2 Å². The zero-order valence-corrected chi connectivity index (χ0v) is 22.8. The predicted molar refractivity (Wildman–Crippen MR) is 149 cm³/mol. The molecule has 0 saturated carbocycles. The van der Waals surface area contributed by atoms with Gasteiger partial charge in [0.15, 0.2) is 5.82 Å². The summed E-state index contributed by atoms with van der Waals surface area (Å²) >= 11 is 1.55. The molecule has 0 bridgehead atoms. The van der Waals surface area contributed by atoms with Crippen molar-refractivity contribution in [2.24, 2.45) is 7.05 Å². The number of amides is 1.